The number of carbonyl (C=O) groups excluding carboxylic acids is 1. The van der Waals surface area contributed by atoms with Crippen LogP contribution in [0.5, 0.6) is 0 Å². The van der Waals surface area contributed by atoms with Crippen molar-refractivity contribution in [1.29, 1.82) is 0 Å². The molecule has 2 heteroatoms. The lowest BCUT2D eigenvalue weighted by atomic mass is 9.81. The van der Waals surface area contributed by atoms with Crippen LogP contribution in [-0.2, 0) is 10.3 Å². The molecule has 1 saturated heterocycles. The van der Waals surface area contributed by atoms with Gasteiger partial charge in [-0.2, -0.15) is 0 Å². The molecule has 1 unspecified atom stereocenters. The first-order valence-corrected chi connectivity index (χ1v) is 6.73. The molecule has 100 valence electrons. The molecule has 1 heterocycles. The zero-order chi connectivity index (χ0) is 14.0. The molecule has 0 aliphatic carbocycles. The van der Waals surface area contributed by atoms with Crippen molar-refractivity contribution in [3.05, 3.63) is 83.9 Å². The van der Waals surface area contributed by atoms with Crippen molar-refractivity contribution >= 4 is 5.78 Å². The number of hydrogen-bond donors (Lipinski definition) is 0. The Morgan fingerprint density at radius 2 is 1.60 bits per heavy atom. The molecule has 1 fully saturated rings. The van der Waals surface area contributed by atoms with Gasteiger partial charge in [-0.1, -0.05) is 67.2 Å². The smallest absolute Gasteiger partial charge is 0.203 e. The summed E-state index contributed by atoms with van der Waals surface area (Å²) in [5.74, 6) is -0.0354. The van der Waals surface area contributed by atoms with Crippen LogP contribution >= 0.6 is 0 Å². The Kier molecular flexibility index (Phi) is 3.25. The molecular formula is C18H16O2. The van der Waals surface area contributed by atoms with Crippen molar-refractivity contribution < 1.29 is 9.53 Å². The van der Waals surface area contributed by atoms with Crippen LogP contribution in [0, 0.1) is 0 Å². The maximum atomic E-state index is 13.0. The van der Waals surface area contributed by atoms with Gasteiger partial charge in [-0.25, -0.2) is 0 Å². The van der Waals surface area contributed by atoms with Gasteiger partial charge in [-0.05, 0) is 17.6 Å². The molecule has 0 spiro atoms. The van der Waals surface area contributed by atoms with Gasteiger partial charge in [0, 0.05) is 5.56 Å². The summed E-state index contributed by atoms with van der Waals surface area (Å²) in [4.78, 5) is 13.0. The highest BCUT2D eigenvalue weighted by Crippen LogP contribution is 2.42. The van der Waals surface area contributed by atoms with Crippen LogP contribution in [0.3, 0.4) is 0 Å². The van der Waals surface area contributed by atoms with Crippen LogP contribution in [-0.4, -0.2) is 12.4 Å². The zero-order valence-electron chi connectivity index (χ0n) is 11.2. The Bertz CT molecular complexity index is 631. The van der Waals surface area contributed by atoms with Gasteiger partial charge in [0.05, 0.1) is 6.61 Å². The summed E-state index contributed by atoms with van der Waals surface area (Å²) in [6.45, 7) is 4.62. The largest absolute Gasteiger partial charge is 0.357 e. The van der Waals surface area contributed by atoms with Gasteiger partial charge < -0.3 is 4.74 Å². The third-order valence-corrected chi connectivity index (χ3v) is 3.76. The van der Waals surface area contributed by atoms with Crippen LogP contribution in [0.1, 0.15) is 22.3 Å². The van der Waals surface area contributed by atoms with Crippen molar-refractivity contribution in [2.45, 2.75) is 12.0 Å². The Hall–Kier alpha value is -2.19. The van der Waals surface area contributed by atoms with E-state index in [-0.39, 0.29) is 5.78 Å². The highest BCUT2D eigenvalue weighted by molar-refractivity contribution is 6.05. The van der Waals surface area contributed by atoms with Crippen LogP contribution in [0.4, 0.5) is 0 Å². The maximum Gasteiger partial charge on any atom is 0.203 e. The molecule has 0 amide bonds. The molecule has 2 nitrogen and oxygen atoms in total. The van der Waals surface area contributed by atoms with Gasteiger partial charge >= 0.3 is 0 Å². The van der Waals surface area contributed by atoms with E-state index in [0.717, 1.165) is 11.1 Å². The molecule has 1 aliphatic heterocycles. The quantitative estimate of drug-likeness (QED) is 0.623. The average molecular weight is 264 g/mol. The molecule has 2 aromatic rings. The van der Waals surface area contributed by atoms with E-state index in [2.05, 4.69) is 6.58 Å². The number of rotatable bonds is 3. The molecule has 0 bridgehead atoms. The van der Waals surface area contributed by atoms with Crippen molar-refractivity contribution in [1.82, 2.24) is 0 Å². The molecule has 1 aliphatic rings. The summed E-state index contributed by atoms with van der Waals surface area (Å²) in [5.41, 5.74) is 1.32. The van der Waals surface area contributed by atoms with Crippen molar-refractivity contribution in [3.63, 3.8) is 0 Å². The predicted octanol–water partition coefficient (Wildman–Crippen LogP) is 3.74. The van der Waals surface area contributed by atoms with Gasteiger partial charge in [0.2, 0.25) is 5.78 Å². The first-order chi connectivity index (χ1) is 9.75. The van der Waals surface area contributed by atoms with E-state index >= 15 is 0 Å². The second-order valence-electron chi connectivity index (χ2n) is 4.94. The number of ether oxygens (including phenoxy) is 1. The fraction of sp³-hybridized carbons (Fsp3) is 0.167. The lowest BCUT2D eigenvalue weighted by molar-refractivity contribution is 0.0219. The fourth-order valence-corrected chi connectivity index (χ4v) is 2.72. The van der Waals surface area contributed by atoms with Crippen LogP contribution in [0.2, 0.25) is 0 Å². The Morgan fingerprint density at radius 1 is 1.00 bits per heavy atom. The molecule has 3 rings (SSSR count). The summed E-state index contributed by atoms with van der Waals surface area (Å²) in [6, 6.07) is 18.9. The number of Topliss-reactive ketones (excluding diaryl/α,β-unsaturated/α-hetero) is 1. The molecule has 0 radical (unpaired) electrons. The molecule has 2 aromatic carbocycles. The van der Waals surface area contributed by atoms with Gasteiger partial charge in [-0.3, -0.25) is 4.79 Å². The van der Waals surface area contributed by atoms with Crippen LogP contribution in [0.25, 0.3) is 0 Å². The first kappa shape index (κ1) is 12.8. The second kappa shape index (κ2) is 5.06. The van der Waals surface area contributed by atoms with Crippen LogP contribution < -0.4 is 0 Å². The van der Waals surface area contributed by atoms with Crippen LogP contribution in [0.15, 0.2) is 72.8 Å². The highest BCUT2D eigenvalue weighted by Gasteiger charge is 2.47. The topological polar surface area (TPSA) is 26.3 Å². The Morgan fingerprint density at radius 3 is 2.15 bits per heavy atom. The molecular weight excluding hydrogens is 248 g/mol. The molecule has 1 atom stereocenters. The molecule has 0 aromatic heterocycles. The van der Waals surface area contributed by atoms with Crippen molar-refractivity contribution in [2.24, 2.45) is 0 Å². The Labute approximate surface area is 118 Å². The van der Waals surface area contributed by atoms with E-state index in [0.29, 0.717) is 18.6 Å². The standard InChI is InChI=1S/C18H16O2/c1-14-12-13-20-18(14,16-10-6-3-7-11-16)17(19)15-8-4-2-5-9-15/h2-11H,1,12-13H2. The zero-order valence-corrected chi connectivity index (χ0v) is 11.2. The molecule has 20 heavy (non-hydrogen) atoms. The SMILES string of the molecule is C=C1CCOC1(C(=O)c1ccccc1)c1ccccc1. The predicted molar refractivity (Wildman–Crippen MR) is 78.6 cm³/mol. The third-order valence-electron chi connectivity index (χ3n) is 3.76. The van der Waals surface area contributed by atoms with Gasteiger partial charge in [-0.15, -0.1) is 0 Å². The van der Waals surface area contributed by atoms with E-state index in [4.69, 9.17) is 4.74 Å². The minimum absolute atomic E-state index is 0.0354. The lowest BCUT2D eigenvalue weighted by Gasteiger charge is -2.28. The number of hydrogen-bond acceptors (Lipinski definition) is 2. The number of carbonyl (C=O) groups is 1. The Balaban J connectivity index is 2.13. The first-order valence-electron chi connectivity index (χ1n) is 6.73. The summed E-state index contributed by atoms with van der Waals surface area (Å²) < 4.78 is 5.91. The van der Waals surface area contributed by atoms with Crippen molar-refractivity contribution in [3.8, 4) is 0 Å². The lowest BCUT2D eigenvalue weighted by Crippen LogP contribution is -2.36. The van der Waals surface area contributed by atoms with E-state index in [1.54, 1.807) is 0 Å². The third kappa shape index (κ3) is 1.89. The van der Waals surface area contributed by atoms with Gasteiger partial charge in [0.15, 0.2) is 5.60 Å². The monoisotopic (exact) mass is 264 g/mol. The fourth-order valence-electron chi connectivity index (χ4n) is 2.72. The van der Waals surface area contributed by atoms with Crippen molar-refractivity contribution in [2.75, 3.05) is 6.61 Å². The summed E-state index contributed by atoms with van der Waals surface area (Å²) in [7, 11) is 0. The van der Waals surface area contributed by atoms with Gasteiger partial charge in [0.1, 0.15) is 0 Å². The summed E-state index contributed by atoms with van der Waals surface area (Å²) >= 11 is 0. The van der Waals surface area contributed by atoms with E-state index in [9.17, 15) is 4.79 Å². The highest BCUT2D eigenvalue weighted by atomic mass is 16.5. The normalized spacial score (nSPS) is 21.9. The van der Waals surface area contributed by atoms with Gasteiger partial charge in [0.25, 0.3) is 0 Å². The van der Waals surface area contributed by atoms with E-state index < -0.39 is 5.60 Å². The average Bonchev–Trinajstić information content (AvgIpc) is 2.91. The van der Waals surface area contributed by atoms with E-state index in [1.165, 1.54) is 0 Å². The minimum atomic E-state index is -1.03. The second-order valence-corrected chi connectivity index (χ2v) is 4.94. The summed E-state index contributed by atoms with van der Waals surface area (Å²) in [6.07, 6.45) is 0.716. The molecule has 0 N–H and O–H groups in total. The molecule has 0 saturated carbocycles. The number of ketones is 1. The maximum absolute atomic E-state index is 13.0. The number of benzene rings is 2. The summed E-state index contributed by atoms with van der Waals surface area (Å²) in [5, 5.41) is 0. The van der Waals surface area contributed by atoms with E-state index in [1.807, 2.05) is 60.7 Å². The minimum Gasteiger partial charge on any atom is -0.357 e.